The summed E-state index contributed by atoms with van der Waals surface area (Å²) < 4.78 is 0. The number of rotatable bonds is 18. The average Bonchev–Trinajstić information content (AvgIpc) is 3.25. The summed E-state index contributed by atoms with van der Waals surface area (Å²) in [5, 5.41) is 27.1. The number of carbonyl (C=O) groups is 6. The number of nitrogens with zero attached hydrogens (tertiary/aromatic N) is 4. The first kappa shape index (κ1) is 48.0. The number of alkyl halides is 3. The van der Waals surface area contributed by atoms with E-state index in [0.717, 1.165) is 11.1 Å². The summed E-state index contributed by atoms with van der Waals surface area (Å²) in [6.45, 7) is 2.35. The van der Waals surface area contributed by atoms with E-state index in [1.165, 1.54) is 68.4 Å². The maximum Gasteiger partial charge on any atom is 0.258 e. The summed E-state index contributed by atoms with van der Waals surface area (Å²) in [5.74, 6) is -3.30. The average molecular weight is 951 g/mol. The second kappa shape index (κ2) is 22.9. The van der Waals surface area contributed by atoms with Crippen LogP contribution in [0.25, 0.3) is 0 Å². The van der Waals surface area contributed by atoms with Crippen molar-refractivity contribution >= 4 is 127 Å². The fraction of sp³-hybridized carbons (Fsp3) is 0.182. The number of halogens is 5. The van der Waals surface area contributed by atoms with Crippen molar-refractivity contribution in [1.29, 1.82) is 0 Å². The third-order valence-corrected chi connectivity index (χ3v) is 10.4. The first-order chi connectivity index (χ1) is 30.2. The van der Waals surface area contributed by atoms with Gasteiger partial charge in [-0.1, -0.05) is 47.5 Å². The topological polar surface area (TPSA) is 200 Å². The Kier molecular flexibility index (Phi) is 17.4. The standard InChI is InChI=1S/C44H37Cl5N8O6/c1-24(58)39(56-54-32-9-12-36(48)34(20-32)41(60)50-29-7-3-5-26(17-29)22-46)43(62)52-31-11-14-38(28(19-31)15-16-45)53-44(63)40(25(2)59)57-55-33-10-13-37(49)35(21-33)42(61)51-30-8-4-6-27(18-30)23-47/h3-14,17-21,39-40H,15-16,22-23H2,1-2H3,(H,50,60)(H,51,61)(H,52,62)(H,53,63). The maximum atomic E-state index is 13.4. The van der Waals surface area contributed by atoms with Crippen LogP contribution in [0.5, 0.6) is 0 Å². The molecule has 0 aliphatic carbocycles. The molecule has 5 aromatic rings. The Morgan fingerprint density at radius 3 is 1.44 bits per heavy atom. The summed E-state index contributed by atoms with van der Waals surface area (Å²) >= 11 is 30.5. The third kappa shape index (κ3) is 13.5. The van der Waals surface area contributed by atoms with Crippen LogP contribution >= 0.6 is 58.0 Å². The number of hydrogen-bond acceptors (Lipinski definition) is 10. The molecule has 5 rings (SSSR count). The molecule has 0 spiro atoms. The summed E-state index contributed by atoms with van der Waals surface area (Å²) in [6.07, 6.45) is 0.222. The predicted molar refractivity (Wildman–Crippen MR) is 247 cm³/mol. The predicted octanol–water partition coefficient (Wildman–Crippen LogP) is 11.1. The van der Waals surface area contributed by atoms with Gasteiger partial charge in [-0.3, -0.25) is 28.8 Å². The number of Topliss-reactive ketones (excluding diaryl/α,β-unsaturated/α-hetero) is 2. The summed E-state index contributed by atoms with van der Waals surface area (Å²) in [7, 11) is 0. The molecule has 0 radical (unpaired) electrons. The molecule has 2 unspecified atom stereocenters. The van der Waals surface area contributed by atoms with E-state index < -0.39 is 47.3 Å². The molecule has 0 bridgehead atoms. The Morgan fingerprint density at radius 1 is 0.540 bits per heavy atom. The van der Waals surface area contributed by atoms with Crippen LogP contribution in [0.4, 0.5) is 34.1 Å². The highest BCUT2D eigenvalue weighted by molar-refractivity contribution is 6.35. The highest BCUT2D eigenvalue weighted by Crippen LogP contribution is 2.28. The molecule has 14 nitrogen and oxygen atoms in total. The van der Waals surface area contributed by atoms with E-state index in [-0.39, 0.29) is 68.0 Å². The molecule has 2 atom stereocenters. The van der Waals surface area contributed by atoms with E-state index in [0.29, 0.717) is 16.9 Å². The summed E-state index contributed by atoms with van der Waals surface area (Å²) in [5.41, 5.74) is 4.03. The van der Waals surface area contributed by atoms with Crippen LogP contribution in [0.15, 0.2) is 124 Å². The van der Waals surface area contributed by atoms with Gasteiger partial charge in [0, 0.05) is 40.4 Å². The molecule has 0 aromatic heterocycles. The minimum atomic E-state index is -1.58. The number of aryl methyl sites for hydroxylation is 1. The lowest BCUT2D eigenvalue weighted by Gasteiger charge is -2.15. The van der Waals surface area contributed by atoms with Crippen molar-refractivity contribution in [2.75, 3.05) is 27.1 Å². The monoisotopic (exact) mass is 948 g/mol. The van der Waals surface area contributed by atoms with Crippen molar-refractivity contribution in [3.8, 4) is 0 Å². The number of amides is 4. The lowest BCUT2D eigenvalue weighted by Crippen LogP contribution is -2.32. The number of azo groups is 2. The maximum absolute atomic E-state index is 13.4. The van der Waals surface area contributed by atoms with Crippen LogP contribution in [0, 0.1) is 0 Å². The van der Waals surface area contributed by atoms with Crippen molar-refractivity contribution in [2.24, 2.45) is 20.5 Å². The Labute approximate surface area is 386 Å². The lowest BCUT2D eigenvalue weighted by molar-refractivity contribution is -0.127. The number of ketones is 2. The van der Waals surface area contributed by atoms with Gasteiger partial charge in [0.05, 0.1) is 32.5 Å². The normalized spacial score (nSPS) is 12.1. The molecular formula is C44H37Cl5N8O6. The minimum Gasteiger partial charge on any atom is -0.324 e. The smallest absolute Gasteiger partial charge is 0.258 e. The Morgan fingerprint density at radius 2 is 1.00 bits per heavy atom. The molecule has 0 fully saturated rings. The van der Waals surface area contributed by atoms with E-state index in [1.807, 2.05) is 12.1 Å². The van der Waals surface area contributed by atoms with Gasteiger partial charge in [-0.25, -0.2) is 0 Å². The van der Waals surface area contributed by atoms with E-state index in [4.69, 9.17) is 58.0 Å². The van der Waals surface area contributed by atoms with Crippen LogP contribution in [0.2, 0.25) is 10.0 Å². The molecule has 4 N–H and O–H groups in total. The molecule has 0 saturated heterocycles. The first-order valence-corrected chi connectivity index (χ1v) is 21.2. The van der Waals surface area contributed by atoms with E-state index in [9.17, 15) is 28.8 Å². The minimum absolute atomic E-state index is 0.0757. The van der Waals surface area contributed by atoms with Gasteiger partial charge in [0.1, 0.15) is 0 Å². The molecule has 324 valence electrons. The third-order valence-electron chi connectivity index (χ3n) is 8.91. The highest BCUT2D eigenvalue weighted by atomic mass is 35.5. The van der Waals surface area contributed by atoms with Crippen LogP contribution in [-0.4, -0.2) is 53.2 Å². The van der Waals surface area contributed by atoms with Crippen LogP contribution in [-0.2, 0) is 37.4 Å². The molecule has 19 heteroatoms. The van der Waals surface area contributed by atoms with Crippen LogP contribution in [0.3, 0.4) is 0 Å². The van der Waals surface area contributed by atoms with Gasteiger partial charge in [0.2, 0.25) is 12.1 Å². The molecule has 0 heterocycles. The molecule has 0 aliphatic rings. The van der Waals surface area contributed by atoms with E-state index in [1.54, 1.807) is 36.4 Å². The van der Waals surface area contributed by atoms with Gasteiger partial charge in [-0.05, 0) is 116 Å². The Bertz CT molecular complexity index is 2620. The molecule has 4 amide bonds. The zero-order valence-electron chi connectivity index (χ0n) is 33.4. The highest BCUT2D eigenvalue weighted by Gasteiger charge is 2.26. The van der Waals surface area contributed by atoms with Gasteiger partial charge in [0.15, 0.2) is 11.6 Å². The SMILES string of the molecule is CC(=O)C(N=Nc1ccc(Cl)c(C(=O)Nc2cccc(CCl)c2)c1)C(=O)Nc1ccc(NC(=O)C(N=Nc2ccc(Cl)c(C(=O)Nc3cccc(CCl)c3)c2)C(C)=O)c(CCCl)c1. The van der Waals surface area contributed by atoms with Crippen molar-refractivity contribution < 1.29 is 28.8 Å². The van der Waals surface area contributed by atoms with Gasteiger partial charge in [-0.2, -0.15) is 20.5 Å². The van der Waals surface area contributed by atoms with Crippen LogP contribution < -0.4 is 21.3 Å². The second-order valence-corrected chi connectivity index (χ2v) is 15.4. The van der Waals surface area contributed by atoms with Gasteiger partial charge >= 0.3 is 0 Å². The van der Waals surface area contributed by atoms with Crippen molar-refractivity contribution in [3.63, 3.8) is 0 Å². The summed E-state index contributed by atoms with van der Waals surface area (Å²) in [6, 6.07) is 23.8. The first-order valence-electron chi connectivity index (χ1n) is 18.8. The second-order valence-electron chi connectivity index (χ2n) is 13.7. The Hall–Kier alpha value is -6.03. The fourth-order valence-corrected chi connectivity index (χ4v) is 6.70. The zero-order chi connectivity index (χ0) is 45.6. The van der Waals surface area contributed by atoms with Crippen molar-refractivity contribution in [2.45, 2.75) is 44.1 Å². The van der Waals surface area contributed by atoms with E-state index >= 15 is 0 Å². The number of carbonyl (C=O) groups excluding carboxylic acids is 6. The fourth-order valence-electron chi connectivity index (χ4n) is 5.76. The number of hydrogen-bond donors (Lipinski definition) is 4. The van der Waals surface area contributed by atoms with Crippen LogP contribution in [0.1, 0.15) is 51.3 Å². The number of nitrogens with one attached hydrogen (secondary N) is 4. The van der Waals surface area contributed by atoms with Gasteiger partial charge in [-0.15, -0.1) is 34.8 Å². The molecule has 5 aromatic carbocycles. The molecule has 0 saturated carbocycles. The van der Waals surface area contributed by atoms with Crippen molar-refractivity contribution in [1.82, 2.24) is 0 Å². The van der Waals surface area contributed by atoms with Gasteiger partial charge < -0.3 is 21.3 Å². The lowest BCUT2D eigenvalue weighted by atomic mass is 10.1. The Balaban J connectivity index is 1.27. The quantitative estimate of drug-likeness (QED) is 0.0382. The zero-order valence-corrected chi connectivity index (χ0v) is 37.2. The number of anilines is 4. The molecular weight excluding hydrogens is 914 g/mol. The summed E-state index contributed by atoms with van der Waals surface area (Å²) in [4.78, 5) is 78.1. The largest absolute Gasteiger partial charge is 0.324 e. The van der Waals surface area contributed by atoms with Gasteiger partial charge in [0.25, 0.3) is 23.6 Å². The van der Waals surface area contributed by atoms with E-state index in [2.05, 4.69) is 41.7 Å². The number of benzene rings is 5. The molecule has 0 aliphatic heterocycles. The van der Waals surface area contributed by atoms with Crippen molar-refractivity contribution in [3.05, 3.63) is 141 Å². The molecule has 63 heavy (non-hydrogen) atoms.